The Labute approximate surface area is 115 Å². The summed E-state index contributed by atoms with van der Waals surface area (Å²) in [6, 6.07) is 6.12. The lowest BCUT2D eigenvalue weighted by atomic mass is 9.94. The van der Waals surface area contributed by atoms with Crippen LogP contribution < -0.4 is 10.1 Å². The minimum absolute atomic E-state index is 0.191. The summed E-state index contributed by atoms with van der Waals surface area (Å²) in [4.78, 5) is 12.0. The number of hydrogen-bond donors (Lipinski definition) is 1. The van der Waals surface area contributed by atoms with E-state index in [9.17, 15) is 4.79 Å². The van der Waals surface area contributed by atoms with Crippen LogP contribution in [0.15, 0.2) is 18.2 Å². The van der Waals surface area contributed by atoms with Gasteiger partial charge in [0.05, 0.1) is 6.61 Å². The number of aryl methyl sites for hydroxylation is 2. The Morgan fingerprint density at radius 2 is 2.26 bits per heavy atom. The van der Waals surface area contributed by atoms with Crippen molar-refractivity contribution in [2.24, 2.45) is 5.92 Å². The Balaban J connectivity index is 1.78. The first-order chi connectivity index (χ1) is 9.16. The van der Waals surface area contributed by atoms with E-state index in [1.54, 1.807) is 0 Å². The van der Waals surface area contributed by atoms with Crippen molar-refractivity contribution in [1.29, 1.82) is 0 Å². The molecule has 0 saturated carbocycles. The van der Waals surface area contributed by atoms with Crippen LogP contribution in [0.2, 0.25) is 0 Å². The summed E-state index contributed by atoms with van der Waals surface area (Å²) >= 11 is 0. The molecular weight excluding hydrogens is 238 g/mol. The Morgan fingerprint density at radius 3 is 2.95 bits per heavy atom. The van der Waals surface area contributed by atoms with Gasteiger partial charge in [-0.05, 0) is 44.9 Å². The van der Waals surface area contributed by atoms with Gasteiger partial charge in [-0.1, -0.05) is 17.7 Å². The number of Topliss-reactive ketones (excluding diaryl/α,β-unsaturated/α-hetero) is 1. The van der Waals surface area contributed by atoms with E-state index in [0.717, 1.165) is 37.2 Å². The fraction of sp³-hybridized carbons (Fsp3) is 0.562. The van der Waals surface area contributed by atoms with Crippen LogP contribution in [0.1, 0.15) is 30.4 Å². The molecule has 104 valence electrons. The van der Waals surface area contributed by atoms with Crippen LogP contribution in [0.4, 0.5) is 0 Å². The molecule has 0 spiro atoms. The van der Waals surface area contributed by atoms with Gasteiger partial charge in [0.15, 0.2) is 0 Å². The second-order valence-corrected chi connectivity index (χ2v) is 5.38. The third-order valence-electron chi connectivity index (χ3n) is 3.69. The lowest BCUT2D eigenvalue weighted by molar-refractivity contribution is -0.123. The molecule has 2 rings (SSSR count). The molecule has 1 fully saturated rings. The third kappa shape index (κ3) is 4.06. The van der Waals surface area contributed by atoms with Crippen LogP contribution in [0, 0.1) is 19.8 Å². The third-order valence-corrected chi connectivity index (χ3v) is 3.69. The molecule has 1 unspecified atom stereocenters. The van der Waals surface area contributed by atoms with Crippen LogP contribution in [-0.4, -0.2) is 25.5 Å². The maximum absolute atomic E-state index is 12.0. The number of piperidine rings is 1. The number of ether oxygens (including phenoxy) is 1. The number of nitrogens with one attached hydrogen (secondary N) is 1. The Hall–Kier alpha value is -1.35. The molecule has 0 bridgehead atoms. The minimum Gasteiger partial charge on any atom is -0.493 e. The predicted octanol–water partition coefficient (Wildman–Crippen LogP) is 2.64. The molecule has 0 amide bonds. The number of hydrogen-bond acceptors (Lipinski definition) is 3. The van der Waals surface area contributed by atoms with E-state index < -0.39 is 0 Å². The Bertz CT molecular complexity index is 436. The first-order valence-corrected chi connectivity index (χ1v) is 7.10. The van der Waals surface area contributed by atoms with Crippen molar-refractivity contribution in [2.75, 3.05) is 19.7 Å². The highest BCUT2D eigenvalue weighted by atomic mass is 16.5. The fourth-order valence-corrected chi connectivity index (χ4v) is 2.55. The molecule has 19 heavy (non-hydrogen) atoms. The topological polar surface area (TPSA) is 38.3 Å². The fourth-order valence-electron chi connectivity index (χ4n) is 2.55. The monoisotopic (exact) mass is 261 g/mol. The molecule has 1 aromatic carbocycles. The highest BCUT2D eigenvalue weighted by Gasteiger charge is 2.20. The first kappa shape index (κ1) is 14.1. The molecule has 3 nitrogen and oxygen atoms in total. The molecule has 1 atom stereocenters. The van der Waals surface area contributed by atoms with E-state index in [-0.39, 0.29) is 5.92 Å². The lowest BCUT2D eigenvalue weighted by Crippen LogP contribution is -2.34. The van der Waals surface area contributed by atoms with Gasteiger partial charge in [-0.3, -0.25) is 4.79 Å². The van der Waals surface area contributed by atoms with Crippen LogP contribution in [0.25, 0.3) is 0 Å². The van der Waals surface area contributed by atoms with Gasteiger partial charge >= 0.3 is 0 Å². The molecule has 3 heteroatoms. The summed E-state index contributed by atoms with van der Waals surface area (Å²) in [6.07, 6.45) is 2.64. The average molecular weight is 261 g/mol. The van der Waals surface area contributed by atoms with Crippen molar-refractivity contribution < 1.29 is 9.53 Å². The summed E-state index contributed by atoms with van der Waals surface area (Å²) in [5.41, 5.74) is 2.36. The van der Waals surface area contributed by atoms with Crippen molar-refractivity contribution in [1.82, 2.24) is 5.32 Å². The highest BCUT2D eigenvalue weighted by Crippen LogP contribution is 2.19. The second-order valence-electron chi connectivity index (χ2n) is 5.38. The molecule has 1 N–H and O–H groups in total. The SMILES string of the molecule is Cc1ccc(OCCC(=O)C2CCCNC2)c(C)c1. The average Bonchev–Trinajstić information content (AvgIpc) is 2.42. The number of rotatable bonds is 5. The zero-order valence-corrected chi connectivity index (χ0v) is 11.9. The molecule has 1 saturated heterocycles. The van der Waals surface area contributed by atoms with E-state index in [4.69, 9.17) is 4.74 Å². The molecule has 1 aromatic rings. The zero-order chi connectivity index (χ0) is 13.7. The molecule has 1 aliphatic heterocycles. The van der Waals surface area contributed by atoms with Crippen LogP contribution in [0.5, 0.6) is 5.75 Å². The van der Waals surface area contributed by atoms with Crippen molar-refractivity contribution in [3.05, 3.63) is 29.3 Å². The van der Waals surface area contributed by atoms with E-state index in [0.29, 0.717) is 18.8 Å². The van der Waals surface area contributed by atoms with Crippen LogP contribution >= 0.6 is 0 Å². The van der Waals surface area contributed by atoms with Crippen molar-refractivity contribution in [2.45, 2.75) is 33.1 Å². The molecule has 1 heterocycles. The normalized spacial score (nSPS) is 19.2. The van der Waals surface area contributed by atoms with Crippen molar-refractivity contribution in [3.63, 3.8) is 0 Å². The first-order valence-electron chi connectivity index (χ1n) is 7.10. The quantitative estimate of drug-likeness (QED) is 0.885. The molecule has 1 aliphatic rings. The summed E-state index contributed by atoms with van der Waals surface area (Å²) < 4.78 is 5.71. The summed E-state index contributed by atoms with van der Waals surface area (Å²) in [7, 11) is 0. The molecular formula is C16H23NO2. The predicted molar refractivity (Wildman–Crippen MR) is 76.6 cm³/mol. The number of carbonyl (C=O) groups excluding carboxylic acids is 1. The van der Waals surface area contributed by atoms with Crippen LogP contribution in [0.3, 0.4) is 0 Å². The van der Waals surface area contributed by atoms with Gasteiger partial charge in [0.1, 0.15) is 11.5 Å². The minimum atomic E-state index is 0.191. The van der Waals surface area contributed by atoms with E-state index in [1.165, 1.54) is 5.56 Å². The van der Waals surface area contributed by atoms with Gasteiger partial charge in [-0.15, -0.1) is 0 Å². The number of carbonyl (C=O) groups is 1. The van der Waals surface area contributed by atoms with Gasteiger partial charge < -0.3 is 10.1 Å². The highest BCUT2D eigenvalue weighted by molar-refractivity contribution is 5.81. The number of benzene rings is 1. The Kier molecular flexibility index (Phi) is 4.97. The second kappa shape index (κ2) is 6.71. The van der Waals surface area contributed by atoms with Gasteiger partial charge in [0.2, 0.25) is 0 Å². The zero-order valence-electron chi connectivity index (χ0n) is 11.9. The van der Waals surface area contributed by atoms with E-state index >= 15 is 0 Å². The molecule has 0 aromatic heterocycles. The smallest absolute Gasteiger partial charge is 0.140 e. The number of ketones is 1. The van der Waals surface area contributed by atoms with Crippen molar-refractivity contribution >= 4 is 5.78 Å². The van der Waals surface area contributed by atoms with E-state index in [1.807, 2.05) is 19.1 Å². The maximum atomic E-state index is 12.0. The maximum Gasteiger partial charge on any atom is 0.140 e. The van der Waals surface area contributed by atoms with Gasteiger partial charge in [0, 0.05) is 18.9 Å². The van der Waals surface area contributed by atoms with E-state index in [2.05, 4.69) is 18.3 Å². The molecule has 0 aliphatic carbocycles. The molecule has 0 radical (unpaired) electrons. The van der Waals surface area contributed by atoms with Gasteiger partial charge in [0.25, 0.3) is 0 Å². The largest absolute Gasteiger partial charge is 0.493 e. The summed E-state index contributed by atoms with van der Waals surface area (Å²) in [5, 5.41) is 3.28. The summed E-state index contributed by atoms with van der Waals surface area (Å²) in [6.45, 7) is 6.47. The Morgan fingerprint density at radius 1 is 1.42 bits per heavy atom. The van der Waals surface area contributed by atoms with Crippen molar-refractivity contribution in [3.8, 4) is 5.75 Å². The van der Waals surface area contributed by atoms with Crippen LogP contribution in [-0.2, 0) is 4.79 Å². The van der Waals surface area contributed by atoms with Gasteiger partial charge in [-0.25, -0.2) is 0 Å². The van der Waals surface area contributed by atoms with Gasteiger partial charge in [-0.2, -0.15) is 0 Å². The summed E-state index contributed by atoms with van der Waals surface area (Å²) in [5.74, 6) is 1.41. The standard InChI is InChI=1S/C16H23NO2/c1-12-5-6-16(13(2)10-12)19-9-7-15(18)14-4-3-8-17-11-14/h5-6,10,14,17H,3-4,7-9,11H2,1-2H3. The lowest BCUT2D eigenvalue weighted by Gasteiger charge is -2.21.